The normalized spacial score (nSPS) is 14.0. The molecule has 2 aromatic heterocycles. The van der Waals surface area contributed by atoms with Crippen molar-refractivity contribution >= 4 is 40.4 Å². The molecular weight excluding hydrogens is 480 g/mol. The predicted octanol–water partition coefficient (Wildman–Crippen LogP) is 4.43. The van der Waals surface area contributed by atoms with Crippen molar-refractivity contribution in [3.8, 4) is 11.6 Å². The van der Waals surface area contributed by atoms with Crippen molar-refractivity contribution in [1.82, 2.24) is 19.9 Å². The number of anilines is 2. The van der Waals surface area contributed by atoms with E-state index in [1.165, 1.54) is 6.21 Å². The lowest BCUT2D eigenvalue weighted by Gasteiger charge is -2.27. The summed E-state index contributed by atoms with van der Waals surface area (Å²) in [6.45, 7) is 2.03. The van der Waals surface area contributed by atoms with Crippen molar-refractivity contribution in [2.45, 2.75) is 0 Å². The summed E-state index contributed by atoms with van der Waals surface area (Å²) < 4.78 is 39.5. The number of nitrogens with zero attached hydrogens (tertiary/aromatic N) is 6. The number of hydrogen-bond acceptors (Lipinski definition) is 9. The lowest BCUT2D eigenvalue weighted by atomic mass is 10.0. The highest BCUT2D eigenvalue weighted by molar-refractivity contribution is 6.28. The Labute approximate surface area is 203 Å². The van der Waals surface area contributed by atoms with Gasteiger partial charge in [0.2, 0.25) is 17.0 Å². The number of hydrogen-bond donors (Lipinski definition) is 1. The molecule has 0 aliphatic carbocycles. The van der Waals surface area contributed by atoms with Crippen LogP contribution in [0.15, 0.2) is 53.9 Å². The molecule has 0 atom stereocenters. The van der Waals surface area contributed by atoms with Crippen LogP contribution in [0, 0.1) is 11.6 Å². The molecule has 5 rings (SSSR count). The molecule has 0 unspecified atom stereocenters. The van der Waals surface area contributed by atoms with Gasteiger partial charge in [0.1, 0.15) is 5.75 Å². The van der Waals surface area contributed by atoms with Crippen LogP contribution in [0.25, 0.3) is 10.8 Å². The largest absolute Gasteiger partial charge is 0.436 e. The maximum Gasteiger partial charge on any atom is 0.260 e. The Morgan fingerprint density at radius 2 is 1.83 bits per heavy atom. The lowest BCUT2D eigenvalue weighted by molar-refractivity contribution is 0.122. The summed E-state index contributed by atoms with van der Waals surface area (Å²) >= 11 is 5.79. The molecule has 9 nitrogen and oxygen atoms in total. The third-order valence-electron chi connectivity index (χ3n) is 5.21. The van der Waals surface area contributed by atoms with Gasteiger partial charge in [0.25, 0.3) is 5.88 Å². The van der Waals surface area contributed by atoms with E-state index in [-0.39, 0.29) is 28.7 Å². The summed E-state index contributed by atoms with van der Waals surface area (Å²) in [6, 6.07) is 11.0. The van der Waals surface area contributed by atoms with Crippen LogP contribution < -0.4 is 15.1 Å². The molecule has 0 spiro atoms. The van der Waals surface area contributed by atoms with E-state index in [4.69, 9.17) is 21.1 Å². The van der Waals surface area contributed by atoms with Crippen molar-refractivity contribution in [3.63, 3.8) is 0 Å². The Hall–Kier alpha value is -3.96. The Balaban J connectivity index is 1.45. The van der Waals surface area contributed by atoms with E-state index >= 15 is 0 Å². The number of benzene rings is 2. The van der Waals surface area contributed by atoms with E-state index in [9.17, 15) is 8.78 Å². The molecule has 0 amide bonds. The highest BCUT2D eigenvalue weighted by atomic mass is 35.5. The molecular formula is C23H18ClF2N7O2. The third-order valence-corrected chi connectivity index (χ3v) is 5.40. The molecule has 1 N–H and O–H groups in total. The van der Waals surface area contributed by atoms with Gasteiger partial charge in [-0.2, -0.15) is 19.5 Å². The fourth-order valence-electron chi connectivity index (χ4n) is 3.57. The number of aromatic nitrogens is 4. The third kappa shape index (κ3) is 5.10. The average Bonchev–Trinajstić information content (AvgIpc) is 2.88. The summed E-state index contributed by atoms with van der Waals surface area (Å²) in [4.78, 5) is 17.4. The highest BCUT2D eigenvalue weighted by Crippen LogP contribution is 2.31. The Bertz CT molecular complexity index is 1400. The average molecular weight is 498 g/mol. The van der Waals surface area contributed by atoms with Gasteiger partial charge in [-0.1, -0.05) is 30.3 Å². The number of hydrazone groups is 1. The molecule has 35 heavy (non-hydrogen) atoms. The van der Waals surface area contributed by atoms with E-state index in [2.05, 4.69) is 30.5 Å². The van der Waals surface area contributed by atoms with E-state index in [1.54, 1.807) is 11.0 Å². The molecule has 0 bridgehead atoms. The first kappa shape index (κ1) is 22.8. The molecule has 12 heteroatoms. The van der Waals surface area contributed by atoms with Crippen LogP contribution in [-0.4, -0.2) is 52.5 Å². The maximum absolute atomic E-state index is 14.3. The predicted molar refractivity (Wildman–Crippen MR) is 127 cm³/mol. The molecule has 0 radical (unpaired) electrons. The molecule has 0 saturated carbocycles. The zero-order valence-corrected chi connectivity index (χ0v) is 18.9. The number of halogens is 3. The van der Waals surface area contributed by atoms with E-state index in [0.29, 0.717) is 31.9 Å². The van der Waals surface area contributed by atoms with E-state index < -0.39 is 11.6 Å². The zero-order valence-electron chi connectivity index (χ0n) is 18.2. The van der Waals surface area contributed by atoms with Gasteiger partial charge < -0.3 is 14.4 Å². The number of nitrogens with one attached hydrogen (secondary N) is 1. The first-order valence-corrected chi connectivity index (χ1v) is 11.0. The number of morpholine rings is 1. The molecule has 2 aromatic carbocycles. The van der Waals surface area contributed by atoms with E-state index in [1.807, 2.05) is 30.3 Å². The van der Waals surface area contributed by atoms with Crippen LogP contribution in [0.4, 0.5) is 20.5 Å². The first-order valence-electron chi connectivity index (χ1n) is 10.6. The van der Waals surface area contributed by atoms with Gasteiger partial charge in [-0.05, 0) is 28.4 Å². The van der Waals surface area contributed by atoms with Crippen molar-refractivity contribution in [2.75, 3.05) is 36.6 Å². The number of fused-ring (bicyclic) bond motifs is 1. The summed E-state index contributed by atoms with van der Waals surface area (Å²) in [5.41, 5.74) is 3.26. The smallest absolute Gasteiger partial charge is 0.260 e. The second-order valence-electron chi connectivity index (χ2n) is 7.43. The minimum atomic E-state index is -0.765. The van der Waals surface area contributed by atoms with Crippen LogP contribution >= 0.6 is 11.6 Å². The molecule has 1 aliphatic heterocycles. The van der Waals surface area contributed by atoms with Gasteiger partial charge in [0.15, 0.2) is 11.6 Å². The number of rotatable bonds is 6. The number of ether oxygens (including phenoxy) is 2. The maximum atomic E-state index is 14.3. The minimum Gasteiger partial charge on any atom is -0.436 e. The van der Waals surface area contributed by atoms with Crippen LogP contribution in [0.3, 0.4) is 0 Å². The SMILES string of the molecule is Fc1cnc(Cl)nc1Oc1ccc2ccccc2c1/C=N/Nc1ncc(F)c(N2CCOCC2)n1. The summed E-state index contributed by atoms with van der Waals surface area (Å²) in [6.07, 6.45) is 3.50. The fourth-order valence-corrected chi connectivity index (χ4v) is 3.69. The quantitative estimate of drug-likeness (QED) is 0.237. The zero-order chi connectivity index (χ0) is 24.2. The molecule has 178 valence electrons. The standard InChI is InChI=1S/C23H18ClF2N7O2/c24-22-27-13-18(26)21(31-22)35-19-6-5-14-3-1-2-4-15(14)16(19)11-29-32-23-28-12-17(25)20(30-23)33-7-9-34-10-8-33/h1-6,11-13H,7-10H2,(H,28,30,32)/b29-11+. The van der Waals surface area contributed by atoms with Crippen molar-refractivity contribution in [2.24, 2.45) is 5.10 Å². The second kappa shape index (κ2) is 10.1. The van der Waals surface area contributed by atoms with Crippen molar-refractivity contribution in [3.05, 3.63) is 71.3 Å². The topological polar surface area (TPSA) is 97.7 Å². The van der Waals surface area contributed by atoms with Gasteiger partial charge in [-0.15, -0.1) is 0 Å². The van der Waals surface area contributed by atoms with Crippen LogP contribution in [0.1, 0.15) is 5.56 Å². The van der Waals surface area contributed by atoms with Crippen LogP contribution in [0.5, 0.6) is 11.6 Å². The molecule has 4 aromatic rings. The van der Waals surface area contributed by atoms with Crippen LogP contribution in [-0.2, 0) is 4.74 Å². The molecule has 3 heterocycles. The Kier molecular flexibility index (Phi) is 6.59. The first-order chi connectivity index (χ1) is 17.1. The van der Waals surface area contributed by atoms with Gasteiger partial charge in [0.05, 0.1) is 31.8 Å². The van der Waals surface area contributed by atoms with Crippen molar-refractivity contribution in [1.29, 1.82) is 0 Å². The lowest BCUT2D eigenvalue weighted by Crippen LogP contribution is -2.37. The summed E-state index contributed by atoms with van der Waals surface area (Å²) in [5.74, 6) is -1.04. The van der Waals surface area contributed by atoms with E-state index in [0.717, 1.165) is 23.2 Å². The highest BCUT2D eigenvalue weighted by Gasteiger charge is 2.18. The molecule has 1 saturated heterocycles. The van der Waals surface area contributed by atoms with Gasteiger partial charge >= 0.3 is 0 Å². The molecule has 1 fully saturated rings. The van der Waals surface area contributed by atoms with Gasteiger partial charge in [-0.25, -0.2) is 19.8 Å². The Morgan fingerprint density at radius 1 is 1.03 bits per heavy atom. The summed E-state index contributed by atoms with van der Waals surface area (Å²) in [5, 5.41) is 5.78. The Morgan fingerprint density at radius 3 is 2.69 bits per heavy atom. The minimum absolute atomic E-state index is 0.112. The molecule has 1 aliphatic rings. The monoisotopic (exact) mass is 497 g/mol. The van der Waals surface area contributed by atoms with Crippen molar-refractivity contribution < 1.29 is 18.3 Å². The van der Waals surface area contributed by atoms with Crippen LogP contribution in [0.2, 0.25) is 5.28 Å². The second-order valence-corrected chi connectivity index (χ2v) is 7.77. The van der Waals surface area contributed by atoms with Gasteiger partial charge in [-0.3, -0.25) is 0 Å². The summed E-state index contributed by atoms with van der Waals surface area (Å²) in [7, 11) is 0. The fraction of sp³-hybridized carbons (Fsp3) is 0.174. The van der Waals surface area contributed by atoms with Gasteiger partial charge in [0, 0.05) is 18.7 Å².